The first-order chi connectivity index (χ1) is 17.1. The van der Waals surface area contributed by atoms with Gasteiger partial charge in [0.1, 0.15) is 11.4 Å². The summed E-state index contributed by atoms with van der Waals surface area (Å²) in [6.07, 6.45) is 0.337. The Balaban J connectivity index is 1.52. The standard InChI is InChI=1S/C28H33FN4O2S/c1-18-15-33(16-19(2)35-18)17-24-25(22-9-7-6-8-10-22)30-27(36-24)31-26(34)28(4,5)32-20(3)21-11-13-23(29)14-12-21/h6-14,18-19,32H,3,15-17H2,1-2,4-5H3,(H,30,31,34)/t18-,19+. The van der Waals surface area contributed by atoms with E-state index in [9.17, 15) is 9.18 Å². The number of halogens is 1. The second-order valence-corrected chi connectivity index (χ2v) is 10.9. The van der Waals surface area contributed by atoms with Gasteiger partial charge < -0.3 is 10.1 Å². The lowest BCUT2D eigenvalue weighted by atomic mass is 10.0. The van der Waals surface area contributed by atoms with Gasteiger partial charge in [0.2, 0.25) is 0 Å². The van der Waals surface area contributed by atoms with Crippen LogP contribution in [-0.2, 0) is 16.1 Å². The number of hydrogen-bond acceptors (Lipinski definition) is 6. The molecular formula is C28H33FN4O2S. The van der Waals surface area contributed by atoms with E-state index in [4.69, 9.17) is 9.72 Å². The molecule has 2 atom stereocenters. The first-order valence-corrected chi connectivity index (χ1v) is 12.9. The maximum absolute atomic E-state index is 13.3. The van der Waals surface area contributed by atoms with Gasteiger partial charge in [0.15, 0.2) is 5.13 Å². The zero-order chi connectivity index (χ0) is 25.9. The smallest absolute Gasteiger partial charge is 0.251 e. The summed E-state index contributed by atoms with van der Waals surface area (Å²) in [5.41, 5.74) is 2.17. The largest absolute Gasteiger partial charge is 0.373 e. The van der Waals surface area contributed by atoms with E-state index in [-0.39, 0.29) is 23.9 Å². The van der Waals surface area contributed by atoms with E-state index < -0.39 is 5.54 Å². The number of aromatic nitrogens is 1. The number of carbonyl (C=O) groups excluding carboxylic acids is 1. The number of carbonyl (C=O) groups is 1. The van der Waals surface area contributed by atoms with Gasteiger partial charge in [-0.25, -0.2) is 9.37 Å². The van der Waals surface area contributed by atoms with E-state index in [0.29, 0.717) is 16.4 Å². The van der Waals surface area contributed by atoms with Crippen LogP contribution in [0.1, 0.15) is 38.1 Å². The minimum Gasteiger partial charge on any atom is -0.373 e. The minimum atomic E-state index is -0.973. The first-order valence-electron chi connectivity index (χ1n) is 12.1. The number of nitrogens with zero attached hydrogens (tertiary/aromatic N) is 2. The number of anilines is 1. The van der Waals surface area contributed by atoms with Crippen molar-refractivity contribution < 1.29 is 13.9 Å². The van der Waals surface area contributed by atoms with Crippen molar-refractivity contribution in [1.82, 2.24) is 15.2 Å². The van der Waals surface area contributed by atoms with Crippen LogP contribution in [0, 0.1) is 5.82 Å². The number of morpholine rings is 1. The van der Waals surface area contributed by atoms with Crippen molar-refractivity contribution in [2.45, 2.75) is 52.0 Å². The van der Waals surface area contributed by atoms with Crippen molar-refractivity contribution in [2.75, 3.05) is 18.4 Å². The maximum atomic E-state index is 13.3. The molecule has 2 heterocycles. The van der Waals surface area contributed by atoms with Gasteiger partial charge in [-0.05, 0) is 45.4 Å². The van der Waals surface area contributed by atoms with E-state index in [0.717, 1.165) is 35.8 Å². The Labute approximate surface area is 216 Å². The zero-order valence-electron chi connectivity index (χ0n) is 21.2. The number of thiazole rings is 1. The molecule has 6 nitrogen and oxygen atoms in total. The van der Waals surface area contributed by atoms with Crippen LogP contribution >= 0.6 is 11.3 Å². The lowest BCUT2D eigenvalue weighted by molar-refractivity contribution is -0.120. The second-order valence-electron chi connectivity index (χ2n) is 9.80. The van der Waals surface area contributed by atoms with Crippen LogP contribution in [0.4, 0.5) is 9.52 Å². The Morgan fingerprint density at radius 3 is 2.42 bits per heavy atom. The normalized spacial score (nSPS) is 18.6. The zero-order valence-corrected chi connectivity index (χ0v) is 22.0. The van der Waals surface area contributed by atoms with Crippen LogP contribution in [-0.4, -0.2) is 46.6 Å². The molecule has 0 saturated carbocycles. The third-order valence-corrected chi connectivity index (χ3v) is 7.01. The van der Waals surface area contributed by atoms with Crippen molar-refractivity contribution in [3.05, 3.63) is 77.4 Å². The molecule has 2 aromatic carbocycles. The number of ether oxygens (including phenoxy) is 1. The highest BCUT2D eigenvalue weighted by Crippen LogP contribution is 2.33. The summed E-state index contributed by atoms with van der Waals surface area (Å²) >= 11 is 1.49. The van der Waals surface area contributed by atoms with Gasteiger partial charge in [0.05, 0.1) is 17.9 Å². The molecule has 4 rings (SSSR count). The minimum absolute atomic E-state index is 0.169. The van der Waals surface area contributed by atoms with E-state index >= 15 is 0 Å². The van der Waals surface area contributed by atoms with E-state index in [1.165, 1.54) is 23.5 Å². The quantitative estimate of drug-likeness (QED) is 0.419. The predicted molar refractivity (Wildman–Crippen MR) is 144 cm³/mol. The first kappa shape index (κ1) is 26.0. The fourth-order valence-electron chi connectivity index (χ4n) is 4.36. The fourth-order valence-corrected chi connectivity index (χ4v) is 5.38. The van der Waals surface area contributed by atoms with Crippen LogP contribution in [0.5, 0.6) is 0 Å². The number of rotatable bonds is 8. The molecule has 0 bridgehead atoms. The third kappa shape index (κ3) is 6.37. The van der Waals surface area contributed by atoms with Crippen molar-refractivity contribution in [3.8, 4) is 11.3 Å². The lowest BCUT2D eigenvalue weighted by Gasteiger charge is -2.35. The van der Waals surface area contributed by atoms with E-state index in [1.807, 2.05) is 30.3 Å². The van der Waals surface area contributed by atoms with Crippen LogP contribution in [0.3, 0.4) is 0 Å². The molecule has 0 aliphatic carbocycles. The van der Waals surface area contributed by atoms with Gasteiger partial charge in [-0.2, -0.15) is 0 Å². The summed E-state index contributed by atoms with van der Waals surface area (Å²) < 4.78 is 19.2. The summed E-state index contributed by atoms with van der Waals surface area (Å²) in [6, 6.07) is 16.0. The molecule has 0 unspecified atom stereocenters. The van der Waals surface area contributed by atoms with Gasteiger partial charge in [-0.1, -0.05) is 60.4 Å². The molecule has 3 aromatic rings. The van der Waals surface area contributed by atoms with Crippen LogP contribution in [0.15, 0.2) is 61.2 Å². The summed E-state index contributed by atoms with van der Waals surface area (Å²) in [5.74, 6) is -0.558. The molecule has 1 aromatic heterocycles. The van der Waals surface area contributed by atoms with Crippen LogP contribution < -0.4 is 10.6 Å². The Morgan fingerprint density at radius 1 is 1.14 bits per heavy atom. The van der Waals surface area contributed by atoms with Crippen molar-refractivity contribution in [2.24, 2.45) is 0 Å². The molecule has 0 spiro atoms. The van der Waals surface area contributed by atoms with Crippen LogP contribution in [0.2, 0.25) is 0 Å². The lowest BCUT2D eigenvalue weighted by Crippen LogP contribution is -2.48. The van der Waals surface area contributed by atoms with Gasteiger partial charge in [-0.3, -0.25) is 15.0 Å². The summed E-state index contributed by atoms with van der Waals surface area (Å²) in [6.45, 7) is 14.2. The summed E-state index contributed by atoms with van der Waals surface area (Å²) in [7, 11) is 0. The number of hydrogen-bond donors (Lipinski definition) is 2. The molecule has 1 aliphatic rings. The predicted octanol–water partition coefficient (Wildman–Crippen LogP) is 5.54. The number of nitrogens with one attached hydrogen (secondary N) is 2. The molecular weight excluding hydrogens is 475 g/mol. The molecule has 1 fully saturated rings. The van der Waals surface area contributed by atoms with Gasteiger partial charge >= 0.3 is 0 Å². The Hall–Kier alpha value is -3.07. The molecule has 1 saturated heterocycles. The van der Waals surface area contributed by atoms with Crippen LogP contribution in [0.25, 0.3) is 17.0 Å². The Kier molecular flexibility index (Phi) is 7.88. The van der Waals surface area contributed by atoms with Crippen molar-refractivity contribution >= 4 is 28.1 Å². The molecule has 1 aliphatic heterocycles. The van der Waals surface area contributed by atoms with Gasteiger partial charge in [0, 0.05) is 35.8 Å². The highest BCUT2D eigenvalue weighted by Gasteiger charge is 2.30. The molecule has 190 valence electrons. The summed E-state index contributed by atoms with van der Waals surface area (Å²) in [5, 5.41) is 6.71. The average Bonchev–Trinajstić information content (AvgIpc) is 3.21. The molecule has 1 amide bonds. The van der Waals surface area contributed by atoms with Gasteiger partial charge in [-0.15, -0.1) is 0 Å². The van der Waals surface area contributed by atoms with E-state index in [2.05, 4.69) is 36.0 Å². The summed E-state index contributed by atoms with van der Waals surface area (Å²) in [4.78, 5) is 21.5. The average molecular weight is 509 g/mol. The monoisotopic (exact) mass is 508 g/mol. The third-order valence-electron chi connectivity index (χ3n) is 6.05. The SMILES string of the molecule is C=C(NC(C)(C)C(=O)Nc1nc(-c2ccccc2)c(CN2C[C@@H](C)O[C@@H](C)C2)s1)c1ccc(F)cc1. The Morgan fingerprint density at radius 2 is 1.78 bits per heavy atom. The highest BCUT2D eigenvalue weighted by atomic mass is 32.1. The molecule has 2 N–H and O–H groups in total. The maximum Gasteiger partial charge on any atom is 0.251 e. The van der Waals surface area contributed by atoms with Crippen molar-refractivity contribution in [3.63, 3.8) is 0 Å². The number of benzene rings is 2. The topological polar surface area (TPSA) is 66.5 Å². The fraction of sp³-hybridized carbons (Fsp3) is 0.357. The second kappa shape index (κ2) is 10.9. The molecule has 8 heteroatoms. The number of amides is 1. The van der Waals surface area contributed by atoms with Crippen molar-refractivity contribution in [1.29, 1.82) is 0 Å². The Bertz CT molecular complexity index is 1200. The molecule has 0 radical (unpaired) electrons. The highest BCUT2D eigenvalue weighted by molar-refractivity contribution is 7.16. The van der Waals surface area contributed by atoms with Gasteiger partial charge in [0.25, 0.3) is 5.91 Å². The molecule has 36 heavy (non-hydrogen) atoms. The van der Waals surface area contributed by atoms with E-state index in [1.54, 1.807) is 26.0 Å².